The van der Waals surface area contributed by atoms with Gasteiger partial charge in [0.15, 0.2) is 18.1 Å². The Balaban J connectivity index is 1.54. The van der Waals surface area contributed by atoms with E-state index in [1.807, 2.05) is 43.3 Å². The van der Waals surface area contributed by atoms with E-state index in [0.29, 0.717) is 35.5 Å². The number of nitrogens with zero attached hydrogens (tertiary/aromatic N) is 1. The molecule has 0 saturated carbocycles. The number of hydrazone groups is 1. The maximum Gasteiger partial charge on any atom is 0.277 e. The van der Waals surface area contributed by atoms with Gasteiger partial charge < -0.3 is 14.2 Å². The van der Waals surface area contributed by atoms with Crippen molar-refractivity contribution in [2.75, 3.05) is 13.2 Å². The minimum absolute atomic E-state index is 0.161. The molecule has 6 nitrogen and oxygen atoms in total. The molecule has 32 heavy (non-hydrogen) atoms. The molecule has 0 aromatic heterocycles. The molecule has 166 valence electrons. The lowest BCUT2D eigenvalue weighted by atomic mass is 10.2. The molecule has 0 bridgehead atoms. The molecular formula is C24H22BrClN2O4. The van der Waals surface area contributed by atoms with Crippen LogP contribution in [0.5, 0.6) is 17.2 Å². The van der Waals surface area contributed by atoms with Crippen LogP contribution in [0.25, 0.3) is 0 Å². The van der Waals surface area contributed by atoms with Gasteiger partial charge in [-0.3, -0.25) is 4.79 Å². The molecule has 3 aromatic carbocycles. The third-order valence-corrected chi connectivity index (χ3v) is 4.94. The Morgan fingerprint density at radius 3 is 2.47 bits per heavy atom. The summed E-state index contributed by atoms with van der Waals surface area (Å²) in [5, 5.41) is 4.57. The average Bonchev–Trinajstić information content (AvgIpc) is 2.79. The predicted molar refractivity (Wildman–Crippen MR) is 129 cm³/mol. The Labute approximate surface area is 200 Å². The van der Waals surface area contributed by atoms with E-state index >= 15 is 0 Å². The number of rotatable bonds is 10. The second kappa shape index (κ2) is 12.1. The molecule has 8 heteroatoms. The summed E-state index contributed by atoms with van der Waals surface area (Å²) in [5.74, 6) is 1.41. The Bertz CT molecular complexity index is 1060. The van der Waals surface area contributed by atoms with Gasteiger partial charge >= 0.3 is 0 Å². The molecule has 1 N–H and O–H groups in total. The van der Waals surface area contributed by atoms with E-state index in [4.69, 9.17) is 25.8 Å². The van der Waals surface area contributed by atoms with Gasteiger partial charge in [0.25, 0.3) is 5.91 Å². The normalized spacial score (nSPS) is 10.7. The number of hydrogen-bond donors (Lipinski definition) is 1. The summed E-state index contributed by atoms with van der Waals surface area (Å²) < 4.78 is 18.0. The third kappa shape index (κ3) is 7.59. The zero-order valence-electron chi connectivity index (χ0n) is 17.4. The first-order valence-corrected chi connectivity index (χ1v) is 11.0. The first-order chi connectivity index (χ1) is 15.5. The van der Waals surface area contributed by atoms with E-state index in [1.165, 1.54) is 6.21 Å². The van der Waals surface area contributed by atoms with Gasteiger partial charge in [-0.25, -0.2) is 5.43 Å². The number of ether oxygens (including phenoxy) is 3. The molecule has 1 amide bonds. The highest BCUT2D eigenvalue weighted by Crippen LogP contribution is 2.29. The second-order valence-electron chi connectivity index (χ2n) is 6.59. The predicted octanol–water partition coefficient (Wildman–Crippen LogP) is 5.61. The molecule has 0 fully saturated rings. The highest BCUT2D eigenvalue weighted by molar-refractivity contribution is 9.10. The molecular weight excluding hydrogens is 496 g/mol. The average molecular weight is 518 g/mol. The number of halogens is 2. The maximum atomic E-state index is 11.9. The summed E-state index contributed by atoms with van der Waals surface area (Å²) >= 11 is 9.24. The maximum absolute atomic E-state index is 11.9. The number of hydrogen-bond acceptors (Lipinski definition) is 5. The van der Waals surface area contributed by atoms with Gasteiger partial charge in [0.1, 0.15) is 12.4 Å². The van der Waals surface area contributed by atoms with Crippen LogP contribution in [0.15, 0.2) is 76.3 Å². The second-order valence-corrected chi connectivity index (χ2v) is 7.94. The van der Waals surface area contributed by atoms with Gasteiger partial charge in [-0.05, 0) is 72.6 Å². The van der Waals surface area contributed by atoms with Crippen LogP contribution in [0.3, 0.4) is 0 Å². The Kier molecular flexibility index (Phi) is 8.95. The lowest BCUT2D eigenvalue weighted by Crippen LogP contribution is -2.24. The molecule has 0 aliphatic heterocycles. The van der Waals surface area contributed by atoms with Crippen molar-refractivity contribution in [2.24, 2.45) is 5.10 Å². The van der Waals surface area contributed by atoms with Gasteiger partial charge in [-0.15, -0.1) is 0 Å². The Morgan fingerprint density at radius 2 is 1.75 bits per heavy atom. The molecule has 0 aliphatic carbocycles. The lowest BCUT2D eigenvalue weighted by Gasteiger charge is -2.12. The van der Waals surface area contributed by atoms with Crippen LogP contribution in [-0.4, -0.2) is 25.3 Å². The van der Waals surface area contributed by atoms with Crippen molar-refractivity contribution in [3.05, 3.63) is 87.4 Å². The van der Waals surface area contributed by atoms with E-state index in [1.54, 1.807) is 30.3 Å². The van der Waals surface area contributed by atoms with Gasteiger partial charge in [-0.2, -0.15) is 5.10 Å². The topological polar surface area (TPSA) is 69.2 Å². The number of carbonyl (C=O) groups is 1. The molecule has 0 spiro atoms. The minimum atomic E-state index is -0.379. The van der Waals surface area contributed by atoms with Crippen LogP contribution < -0.4 is 19.6 Å². The van der Waals surface area contributed by atoms with Crippen LogP contribution in [0.2, 0.25) is 5.02 Å². The summed E-state index contributed by atoms with van der Waals surface area (Å²) in [4.78, 5) is 11.9. The van der Waals surface area contributed by atoms with Gasteiger partial charge in [0.05, 0.1) is 12.8 Å². The summed E-state index contributed by atoms with van der Waals surface area (Å²) in [6.07, 6.45) is 1.53. The van der Waals surface area contributed by atoms with E-state index in [9.17, 15) is 4.79 Å². The molecule has 0 radical (unpaired) electrons. The van der Waals surface area contributed by atoms with Crippen LogP contribution >= 0.6 is 27.5 Å². The summed E-state index contributed by atoms with van der Waals surface area (Å²) in [6, 6.07) is 20.1. The van der Waals surface area contributed by atoms with Crippen LogP contribution in [-0.2, 0) is 11.4 Å². The highest BCUT2D eigenvalue weighted by Gasteiger charge is 2.07. The van der Waals surface area contributed by atoms with Crippen molar-refractivity contribution in [1.82, 2.24) is 5.43 Å². The highest BCUT2D eigenvalue weighted by atomic mass is 79.9. The van der Waals surface area contributed by atoms with Crippen molar-refractivity contribution in [2.45, 2.75) is 13.5 Å². The fourth-order valence-electron chi connectivity index (χ4n) is 2.63. The molecule has 0 aliphatic rings. The van der Waals surface area contributed by atoms with Gasteiger partial charge in [0, 0.05) is 9.50 Å². The number of amides is 1. The van der Waals surface area contributed by atoms with Crippen molar-refractivity contribution in [3.8, 4) is 17.2 Å². The Morgan fingerprint density at radius 1 is 1.00 bits per heavy atom. The smallest absolute Gasteiger partial charge is 0.277 e. The zero-order valence-corrected chi connectivity index (χ0v) is 19.7. The van der Waals surface area contributed by atoms with Crippen molar-refractivity contribution in [1.29, 1.82) is 0 Å². The van der Waals surface area contributed by atoms with E-state index in [0.717, 1.165) is 15.6 Å². The number of nitrogens with one attached hydrogen (secondary N) is 1. The quantitative estimate of drug-likeness (QED) is 0.280. The fraction of sp³-hybridized carbons (Fsp3) is 0.167. The largest absolute Gasteiger partial charge is 0.490 e. The molecule has 0 saturated heterocycles. The summed E-state index contributed by atoms with van der Waals surface area (Å²) in [6.45, 7) is 2.66. The SMILES string of the molecule is CCOc1cc(/C=N\NC(=O)COc2ccc(Cl)cc2)ccc1OCc1ccc(Br)cc1. The van der Waals surface area contributed by atoms with E-state index < -0.39 is 0 Å². The van der Waals surface area contributed by atoms with Crippen LogP contribution in [0.1, 0.15) is 18.1 Å². The number of carbonyl (C=O) groups excluding carboxylic acids is 1. The monoisotopic (exact) mass is 516 g/mol. The standard InChI is InChI=1S/C24H22BrClN2O4/c1-2-30-23-13-18(5-12-22(23)32-15-17-3-6-19(25)7-4-17)14-27-28-24(29)16-31-21-10-8-20(26)9-11-21/h3-14H,2,15-16H2,1H3,(H,28,29)/b27-14-. The van der Waals surface area contributed by atoms with Crippen LogP contribution in [0, 0.1) is 0 Å². The number of benzene rings is 3. The molecule has 3 rings (SSSR count). The van der Waals surface area contributed by atoms with Crippen molar-refractivity contribution >= 4 is 39.7 Å². The summed E-state index contributed by atoms with van der Waals surface area (Å²) in [5.41, 5.74) is 4.23. The fourth-order valence-corrected chi connectivity index (χ4v) is 3.02. The van der Waals surface area contributed by atoms with E-state index in [-0.39, 0.29) is 12.5 Å². The minimum Gasteiger partial charge on any atom is -0.490 e. The van der Waals surface area contributed by atoms with Gasteiger partial charge in [0.2, 0.25) is 0 Å². The first kappa shape index (κ1) is 23.6. The first-order valence-electron chi connectivity index (χ1n) is 9.88. The van der Waals surface area contributed by atoms with Crippen molar-refractivity contribution < 1.29 is 19.0 Å². The van der Waals surface area contributed by atoms with Crippen molar-refractivity contribution in [3.63, 3.8) is 0 Å². The molecule has 0 heterocycles. The lowest BCUT2D eigenvalue weighted by molar-refractivity contribution is -0.123. The molecule has 3 aromatic rings. The third-order valence-electron chi connectivity index (χ3n) is 4.16. The molecule has 0 atom stereocenters. The van der Waals surface area contributed by atoms with Crippen LogP contribution in [0.4, 0.5) is 0 Å². The Hall–Kier alpha value is -3.03. The van der Waals surface area contributed by atoms with Gasteiger partial charge in [-0.1, -0.05) is 39.7 Å². The molecule has 0 unspecified atom stereocenters. The zero-order chi connectivity index (χ0) is 22.8. The summed E-state index contributed by atoms with van der Waals surface area (Å²) in [7, 11) is 0. The van der Waals surface area contributed by atoms with E-state index in [2.05, 4.69) is 26.5 Å².